The summed E-state index contributed by atoms with van der Waals surface area (Å²) in [6.07, 6.45) is 7.75. The molecule has 1 unspecified atom stereocenters. The number of primary amides is 1. The van der Waals surface area contributed by atoms with Crippen LogP contribution in [0.25, 0.3) is 11.0 Å². The van der Waals surface area contributed by atoms with Crippen molar-refractivity contribution in [3.63, 3.8) is 0 Å². The zero-order valence-electron chi connectivity index (χ0n) is 13.5. The van der Waals surface area contributed by atoms with Gasteiger partial charge in [0.05, 0.1) is 11.3 Å². The smallest absolute Gasteiger partial charge is 0.221 e. The van der Waals surface area contributed by atoms with Crippen molar-refractivity contribution in [2.45, 2.75) is 25.7 Å². The molecule has 3 N–H and O–H groups in total. The molecule has 1 aliphatic carbocycles. The number of nitriles is 1. The molecule has 0 spiro atoms. The number of aromatic amines is 1. The van der Waals surface area contributed by atoms with Crippen LogP contribution in [0, 0.1) is 29.1 Å². The molecule has 1 aliphatic heterocycles. The summed E-state index contributed by atoms with van der Waals surface area (Å²) in [6, 6.07) is 4.23. The third kappa shape index (κ3) is 2.50. The molecule has 0 radical (unpaired) electrons. The lowest BCUT2D eigenvalue weighted by Crippen LogP contribution is -2.43. The molecule has 0 aromatic carbocycles. The second kappa shape index (κ2) is 5.82. The molecule has 4 rings (SSSR count). The monoisotopic (exact) mass is 323 g/mol. The number of piperidine rings is 1. The van der Waals surface area contributed by atoms with Crippen molar-refractivity contribution in [2.75, 3.05) is 18.0 Å². The number of rotatable bonds is 4. The molecule has 2 fully saturated rings. The Morgan fingerprint density at radius 2 is 2.25 bits per heavy atom. The van der Waals surface area contributed by atoms with Crippen molar-refractivity contribution in [2.24, 2.45) is 23.5 Å². The summed E-state index contributed by atoms with van der Waals surface area (Å²) in [6.45, 7) is 1.68. The van der Waals surface area contributed by atoms with Crippen LogP contribution in [0.1, 0.15) is 31.2 Å². The van der Waals surface area contributed by atoms with Gasteiger partial charge in [0, 0.05) is 36.8 Å². The van der Waals surface area contributed by atoms with Crippen molar-refractivity contribution < 1.29 is 4.79 Å². The van der Waals surface area contributed by atoms with Gasteiger partial charge in [0.25, 0.3) is 0 Å². The van der Waals surface area contributed by atoms with Gasteiger partial charge in [-0.05, 0) is 43.6 Å². The number of anilines is 1. The Morgan fingerprint density at radius 3 is 2.96 bits per heavy atom. The lowest BCUT2D eigenvalue weighted by Gasteiger charge is -2.38. The second-order valence-corrected chi connectivity index (χ2v) is 6.99. The number of amides is 1. The van der Waals surface area contributed by atoms with E-state index in [0.717, 1.165) is 55.5 Å². The fraction of sp³-hybridized carbons (Fsp3) is 0.500. The average molecular weight is 323 g/mol. The third-order valence-electron chi connectivity index (χ3n) is 5.42. The largest absolute Gasteiger partial charge is 0.370 e. The number of carbonyl (C=O) groups is 1. The normalized spacial score (nSPS) is 22.3. The van der Waals surface area contributed by atoms with E-state index in [1.165, 1.54) is 0 Å². The molecule has 1 amide bonds. The molecule has 2 atom stereocenters. The quantitative estimate of drug-likeness (QED) is 0.900. The summed E-state index contributed by atoms with van der Waals surface area (Å²) in [5.74, 6) is 0.554. The van der Waals surface area contributed by atoms with Gasteiger partial charge in [-0.25, -0.2) is 4.98 Å². The highest BCUT2D eigenvalue weighted by atomic mass is 16.1. The first-order valence-corrected chi connectivity index (χ1v) is 8.59. The van der Waals surface area contributed by atoms with Gasteiger partial charge in [-0.3, -0.25) is 4.79 Å². The first-order valence-electron chi connectivity index (χ1n) is 8.59. The standard InChI is InChI=1S/C18H21N5O/c19-8-13-9-22-18-14(5-6-21-18)16(13)23-7-1-2-12(10-23)15(17(20)24)11-3-4-11/h5-6,9,11-12,15H,1-4,7,10H2,(H2,20,24)(H,21,22)/t12-,15?/m0/s1. The van der Waals surface area contributed by atoms with E-state index in [0.29, 0.717) is 11.5 Å². The van der Waals surface area contributed by atoms with Crippen molar-refractivity contribution in [3.05, 3.63) is 24.0 Å². The molecular weight excluding hydrogens is 302 g/mol. The Bertz CT molecular complexity index is 816. The number of hydrogen-bond donors (Lipinski definition) is 2. The lowest BCUT2D eigenvalue weighted by molar-refractivity contribution is -0.124. The van der Waals surface area contributed by atoms with E-state index in [1.54, 1.807) is 6.20 Å². The SMILES string of the molecule is N#Cc1cnc2[nH]ccc2c1N1CCC[C@H](C(C(N)=O)C2CC2)C1. The molecule has 2 aliphatic rings. The van der Waals surface area contributed by atoms with E-state index in [1.807, 2.05) is 12.3 Å². The molecule has 6 nitrogen and oxygen atoms in total. The number of hydrogen-bond acceptors (Lipinski definition) is 4. The van der Waals surface area contributed by atoms with Crippen LogP contribution in [0.4, 0.5) is 5.69 Å². The number of nitrogens with zero attached hydrogens (tertiary/aromatic N) is 3. The maximum Gasteiger partial charge on any atom is 0.221 e. The Morgan fingerprint density at radius 1 is 1.42 bits per heavy atom. The van der Waals surface area contributed by atoms with Crippen LogP contribution in [0.5, 0.6) is 0 Å². The van der Waals surface area contributed by atoms with Crippen LogP contribution >= 0.6 is 0 Å². The summed E-state index contributed by atoms with van der Waals surface area (Å²) in [7, 11) is 0. The molecule has 6 heteroatoms. The van der Waals surface area contributed by atoms with Gasteiger partial charge < -0.3 is 15.6 Å². The molecule has 124 valence electrons. The van der Waals surface area contributed by atoms with Crippen LogP contribution < -0.4 is 10.6 Å². The fourth-order valence-electron chi connectivity index (χ4n) is 4.23. The van der Waals surface area contributed by atoms with Gasteiger partial charge in [0.1, 0.15) is 11.7 Å². The van der Waals surface area contributed by atoms with Crippen LogP contribution in [0.3, 0.4) is 0 Å². The second-order valence-electron chi connectivity index (χ2n) is 6.99. The highest BCUT2D eigenvalue weighted by molar-refractivity contribution is 5.93. The third-order valence-corrected chi connectivity index (χ3v) is 5.42. The molecule has 1 saturated carbocycles. The summed E-state index contributed by atoms with van der Waals surface area (Å²) < 4.78 is 0. The minimum Gasteiger partial charge on any atom is -0.370 e. The Kier molecular flexibility index (Phi) is 3.64. The van der Waals surface area contributed by atoms with Gasteiger partial charge in [-0.2, -0.15) is 5.26 Å². The summed E-state index contributed by atoms with van der Waals surface area (Å²) in [5, 5.41) is 10.5. The van der Waals surface area contributed by atoms with E-state index in [9.17, 15) is 10.1 Å². The number of fused-ring (bicyclic) bond motifs is 1. The zero-order valence-corrected chi connectivity index (χ0v) is 13.5. The van der Waals surface area contributed by atoms with Gasteiger partial charge in [-0.15, -0.1) is 0 Å². The van der Waals surface area contributed by atoms with Crippen LogP contribution in [0.15, 0.2) is 18.5 Å². The number of aromatic nitrogens is 2. The number of H-pyrrole nitrogens is 1. The number of carbonyl (C=O) groups excluding carboxylic acids is 1. The van der Waals surface area contributed by atoms with Crippen molar-refractivity contribution in [1.82, 2.24) is 9.97 Å². The molecular formula is C18H21N5O. The van der Waals surface area contributed by atoms with E-state index >= 15 is 0 Å². The van der Waals surface area contributed by atoms with Crippen LogP contribution in [0.2, 0.25) is 0 Å². The predicted molar refractivity (Wildman–Crippen MR) is 91.2 cm³/mol. The Balaban J connectivity index is 1.68. The topological polar surface area (TPSA) is 98.8 Å². The Hall–Kier alpha value is -2.55. The summed E-state index contributed by atoms with van der Waals surface area (Å²) >= 11 is 0. The summed E-state index contributed by atoms with van der Waals surface area (Å²) in [4.78, 5) is 21.6. The van der Waals surface area contributed by atoms with Crippen molar-refractivity contribution in [1.29, 1.82) is 5.26 Å². The van der Waals surface area contributed by atoms with Crippen LogP contribution in [-0.2, 0) is 4.79 Å². The highest BCUT2D eigenvalue weighted by Crippen LogP contribution is 2.44. The molecule has 3 heterocycles. The summed E-state index contributed by atoms with van der Waals surface area (Å²) in [5.41, 5.74) is 8.01. The number of nitrogens with two attached hydrogens (primary N) is 1. The molecule has 1 saturated heterocycles. The lowest BCUT2D eigenvalue weighted by atomic mass is 9.81. The van der Waals surface area contributed by atoms with Gasteiger partial charge in [0.2, 0.25) is 5.91 Å². The maximum atomic E-state index is 12.0. The minimum atomic E-state index is -0.161. The highest BCUT2D eigenvalue weighted by Gasteiger charge is 2.41. The van der Waals surface area contributed by atoms with E-state index in [4.69, 9.17) is 5.73 Å². The van der Waals surface area contributed by atoms with E-state index in [-0.39, 0.29) is 17.7 Å². The van der Waals surface area contributed by atoms with Gasteiger partial charge in [-0.1, -0.05) is 0 Å². The predicted octanol–water partition coefficient (Wildman–Crippen LogP) is 2.16. The van der Waals surface area contributed by atoms with Crippen LogP contribution in [-0.4, -0.2) is 29.0 Å². The zero-order chi connectivity index (χ0) is 16.7. The first-order chi connectivity index (χ1) is 11.7. The molecule has 24 heavy (non-hydrogen) atoms. The molecule has 2 aromatic heterocycles. The average Bonchev–Trinajstić information content (AvgIpc) is 3.29. The fourth-order valence-corrected chi connectivity index (χ4v) is 4.23. The minimum absolute atomic E-state index is 0.0260. The van der Waals surface area contributed by atoms with E-state index in [2.05, 4.69) is 20.9 Å². The first kappa shape index (κ1) is 15.0. The molecule has 2 aromatic rings. The van der Waals surface area contributed by atoms with Gasteiger partial charge in [0.15, 0.2) is 0 Å². The van der Waals surface area contributed by atoms with Crippen molar-refractivity contribution in [3.8, 4) is 6.07 Å². The van der Waals surface area contributed by atoms with Crippen molar-refractivity contribution >= 4 is 22.6 Å². The maximum absolute atomic E-state index is 12.0. The number of nitrogens with one attached hydrogen (secondary N) is 1. The Labute approximate surface area is 140 Å². The van der Waals surface area contributed by atoms with E-state index < -0.39 is 0 Å². The number of pyridine rings is 1. The molecule has 0 bridgehead atoms. The van der Waals surface area contributed by atoms with Gasteiger partial charge >= 0.3 is 0 Å².